The van der Waals surface area contributed by atoms with E-state index in [4.69, 9.17) is 11.6 Å². The molecule has 1 aromatic carbocycles. The van der Waals surface area contributed by atoms with Crippen molar-refractivity contribution in [1.29, 1.82) is 0 Å². The van der Waals surface area contributed by atoms with Gasteiger partial charge >= 0.3 is 0 Å². The van der Waals surface area contributed by atoms with Crippen LogP contribution in [0.15, 0.2) is 18.2 Å². The summed E-state index contributed by atoms with van der Waals surface area (Å²) in [4.78, 5) is 2.14. The van der Waals surface area contributed by atoms with Gasteiger partial charge in [0.25, 0.3) is 0 Å². The van der Waals surface area contributed by atoms with Crippen LogP contribution in [0, 0.1) is 5.82 Å². The van der Waals surface area contributed by atoms with E-state index in [9.17, 15) is 4.39 Å². The Morgan fingerprint density at radius 1 is 1.39 bits per heavy atom. The van der Waals surface area contributed by atoms with Gasteiger partial charge in [-0.05, 0) is 63.8 Å². The molecule has 0 spiro atoms. The summed E-state index contributed by atoms with van der Waals surface area (Å²) in [5, 5.41) is 3.99. The molecule has 1 aromatic rings. The summed E-state index contributed by atoms with van der Waals surface area (Å²) in [5.41, 5.74) is 0.687. The minimum atomic E-state index is -0.174. The van der Waals surface area contributed by atoms with Crippen molar-refractivity contribution in [2.75, 3.05) is 27.2 Å². The van der Waals surface area contributed by atoms with Crippen molar-refractivity contribution in [2.24, 2.45) is 0 Å². The van der Waals surface area contributed by atoms with Crippen LogP contribution in [0.2, 0.25) is 5.02 Å². The molecular weight excluding hydrogens is 251 g/mol. The monoisotopic (exact) mass is 272 g/mol. The fraction of sp³-hybridized carbons (Fsp3) is 0.571. The predicted molar refractivity (Wildman–Crippen MR) is 75.7 cm³/mol. The molecule has 0 aliphatic carbocycles. The molecule has 1 unspecified atom stereocenters. The lowest BCUT2D eigenvalue weighted by Gasteiger charge is -2.20. The molecule has 0 aliphatic heterocycles. The molecule has 1 N–H and O–H groups in total. The third kappa shape index (κ3) is 5.34. The fourth-order valence-electron chi connectivity index (χ4n) is 1.94. The van der Waals surface area contributed by atoms with Crippen molar-refractivity contribution in [3.8, 4) is 0 Å². The maximum atomic E-state index is 13.7. The fourth-order valence-corrected chi connectivity index (χ4v) is 2.14. The molecule has 0 heterocycles. The lowest BCUT2D eigenvalue weighted by Crippen LogP contribution is -2.34. The number of nitrogens with one attached hydrogen (secondary N) is 1. The van der Waals surface area contributed by atoms with Gasteiger partial charge in [0, 0.05) is 11.1 Å². The van der Waals surface area contributed by atoms with Crippen LogP contribution >= 0.6 is 11.6 Å². The first-order chi connectivity index (χ1) is 8.52. The number of rotatable bonds is 7. The molecule has 4 heteroatoms. The number of likely N-dealkylation sites (N-methyl/N-ethyl adjacent to an activating group) is 1. The Morgan fingerprint density at radius 3 is 2.72 bits per heavy atom. The van der Waals surface area contributed by atoms with E-state index >= 15 is 0 Å². The average molecular weight is 273 g/mol. The third-order valence-corrected chi connectivity index (χ3v) is 3.13. The van der Waals surface area contributed by atoms with Gasteiger partial charge < -0.3 is 10.2 Å². The summed E-state index contributed by atoms with van der Waals surface area (Å²) in [6.07, 6.45) is 1.67. The zero-order chi connectivity index (χ0) is 13.5. The van der Waals surface area contributed by atoms with Crippen molar-refractivity contribution in [2.45, 2.75) is 25.8 Å². The quantitative estimate of drug-likeness (QED) is 0.821. The van der Waals surface area contributed by atoms with Crippen molar-refractivity contribution >= 4 is 11.6 Å². The SMILES string of the molecule is CCNC(CCN(C)C)Cc1cc(Cl)ccc1F. The average Bonchev–Trinajstić information content (AvgIpc) is 2.31. The van der Waals surface area contributed by atoms with Crippen LogP contribution in [-0.2, 0) is 6.42 Å². The lowest BCUT2D eigenvalue weighted by atomic mass is 10.0. The highest BCUT2D eigenvalue weighted by atomic mass is 35.5. The smallest absolute Gasteiger partial charge is 0.126 e. The first-order valence-electron chi connectivity index (χ1n) is 6.35. The van der Waals surface area contributed by atoms with E-state index < -0.39 is 0 Å². The molecule has 1 rings (SSSR count). The number of benzene rings is 1. The molecule has 0 amide bonds. The standard InChI is InChI=1S/C14H22ClFN2/c1-4-17-13(7-8-18(2)3)10-11-9-12(15)5-6-14(11)16/h5-6,9,13,17H,4,7-8,10H2,1-3H3. The van der Waals surface area contributed by atoms with Gasteiger partial charge in [-0.25, -0.2) is 4.39 Å². The van der Waals surface area contributed by atoms with Crippen molar-refractivity contribution in [3.63, 3.8) is 0 Å². The summed E-state index contributed by atoms with van der Waals surface area (Å²) in [6.45, 7) is 3.94. The zero-order valence-electron chi connectivity index (χ0n) is 11.3. The molecule has 0 radical (unpaired) electrons. The Bertz CT molecular complexity index is 369. The van der Waals surface area contributed by atoms with Gasteiger partial charge in [-0.1, -0.05) is 18.5 Å². The van der Waals surface area contributed by atoms with E-state index in [2.05, 4.69) is 17.1 Å². The first kappa shape index (κ1) is 15.4. The van der Waals surface area contributed by atoms with E-state index in [0.29, 0.717) is 17.0 Å². The van der Waals surface area contributed by atoms with Crippen LogP contribution in [0.4, 0.5) is 4.39 Å². The maximum Gasteiger partial charge on any atom is 0.126 e. The van der Waals surface area contributed by atoms with Gasteiger partial charge in [-0.15, -0.1) is 0 Å². The van der Waals surface area contributed by atoms with Crippen LogP contribution in [0.25, 0.3) is 0 Å². The second-order valence-electron chi connectivity index (χ2n) is 4.79. The number of hydrogen-bond donors (Lipinski definition) is 1. The predicted octanol–water partition coefficient (Wildman–Crippen LogP) is 2.95. The minimum absolute atomic E-state index is 0.174. The summed E-state index contributed by atoms with van der Waals surface area (Å²) in [7, 11) is 4.09. The molecule has 102 valence electrons. The van der Waals surface area contributed by atoms with E-state index in [-0.39, 0.29) is 11.9 Å². The Kier molecular flexibility index (Phi) is 6.61. The normalized spacial score (nSPS) is 13.0. The van der Waals surface area contributed by atoms with Crippen LogP contribution in [-0.4, -0.2) is 38.1 Å². The molecule has 0 aliphatic rings. The lowest BCUT2D eigenvalue weighted by molar-refractivity contribution is 0.357. The van der Waals surface area contributed by atoms with Crippen molar-refractivity contribution in [1.82, 2.24) is 10.2 Å². The molecule has 0 saturated heterocycles. The minimum Gasteiger partial charge on any atom is -0.314 e. The Labute approximate surface area is 114 Å². The van der Waals surface area contributed by atoms with E-state index in [1.54, 1.807) is 12.1 Å². The molecule has 0 bridgehead atoms. The second kappa shape index (κ2) is 7.72. The van der Waals surface area contributed by atoms with Gasteiger partial charge in [-0.3, -0.25) is 0 Å². The largest absolute Gasteiger partial charge is 0.314 e. The van der Waals surface area contributed by atoms with E-state index in [1.165, 1.54) is 6.07 Å². The Morgan fingerprint density at radius 2 is 2.11 bits per heavy atom. The van der Waals surface area contributed by atoms with Crippen molar-refractivity contribution in [3.05, 3.63) is 34.6 Å². The van der Waals surface area contributed by atoms with Gasteiger partial charge in [0.1, 0.15) is 5.82 Å². The Balaban J connectivity index is 2.66. The maximum absolute atomic E-state index is 13.7. The van der Waals surface area contributed by atoms with Crippen molar-refractivity contribution < 1.29 is 4.39 Å². The zero-order valence-corrected chi connectivity index (χ0v) is 12.1. The van der Waals surface area contributed by atoms with Gasteiger partial charge in [-0.2, -0.15) is 0 Å². The van der Waals surface area contributed by atoms with E-state index in [1.807, 2.05) is 14.1 Å². The third-order valence-electron chi connectivity index (χ3n) is 2.89. The molecule has 0 fully saturated rings. The van der Waals surface area contributed by atoms with Crippen LogP contribution in [0.3, 0.4) is 0 Å². The van der Waals surface area contributed by atoms with E-state index in [0.717, 1.165) is 19.5 Å². The molecular formula is C14H22ClFN2. The van der Waals surface area contributed by atoms with Crippen LogP contribution in [0.5, 0.6) is 0 Å². The van der Waals surface area contributed by atoms with Crippen LogP contribution in [0.1, 0.15) is 18.9 Å². The number of halogens is 2. The second-order valence-corrected chi connectivity index (χ2v) is 5.22. The topological polar surface area (TPSA) is 15.3 Å². The van der Waals surface area contributed by atoms with Gasteiger partial charge in [0.15, 0.2) is 0 Å². The summed E-state index contributed by atoms with van der Waals surface area (Å²) in [6, 6.07) is 5.02. The molecule has 18 heavy (non-hydrogen) atoms. The summed E-state index contributed by atoms with van der Waals surface area (Å²) < 4.78 is 13.7. The summed E-state index contributed by atoms with van der Waals surface area (Å²) >= 11 is 5.91. The molecule has 1 atom stereocenters. The highest BCUT2D eigenvalue weighted by Crippen LogP contribution is 2.17. The first-order valence-corrected chi connectivity index (χ1v) is 6.72. The van der Waals surface area contributed by atoms with Gasteiger partial charge in [0.2, 0.25) is 0 Å². The highest BCUT2D eigenvalue weighted by Gasteiger charge is 2.12. The van der Waals surface area contributed by atoms with Gasteiger partial charge in [0.05, 0.1) is 0 Å². The molecule has 0 saturated carbocycles. The van der Waals surface area contributed by atoms with Crippen LogP contribution < -0.4 is 5.32 Å². The number of hydrogen-bond acceptors (Lipinski definition) is 2. The highest BCUT2D eigenvalue weighted by molar-refractivity contribution is 6.30. The Hall–Kier alpha value is -0.640. The molecule has 2 nitrogen and oxygen atoms in total. The summed E-state index contributed by atoms with van der Waals surface area (Å²) in [5.74, 6) is -0.174. The molecule has 0 aromatic heterocycles. The number of nitrogens with zero attached hydrogens (tertiary/aromatic N) is 1.